The minimum atomic E-state index is -0.485. The number of benzene rings is 1. The van der Waals surface area contributed by atoms with Gasteiger partial charge in [0.15, 0.2) is 5.75 Å². The zero-order chi connectivity index (χ0) is 15.0. The van der Waals surface area contributed by atoms with Crippen LogP contribution in [0.5, 0.6) is 11.6 Å². The van der Waals surface area contributed by atoms with Crippen LogP contribution in [0.1, 0.15) is 24.6 Å². The average molecular weight is 351 g/mol. The maximum absolute atomic E-state index is 10.9. The lowest BCUT2D eigenvalue weighted by molar-refractivity contribution is -0.385. The molecule has 0 aliphatic heterocycles. The van der Waals surface area contributed by atoms with E-state index in [1.54, 1.807) is 12.1 Å². The topological polar surface area (TPSA) is 104 Å². The molecule has 0 radical (unpaired) electrons. The summed E-state index contributed by atoms with van der Waals surface area (Å²) in [4.78, 5) is 18.9. The molecular formula is C13H11BrN4O3. The Morgan fingerprint density at radius 2 is 2.14 bits per heavy atom. The molecule has 1 heterocycles. The molecule has 3 rings (SSSR count). The number of aromatic nitrogens is 2. The molecule has 0 saturated heterocycles. The molecule has 2 N–H and O–H groups in total. The summed E-state index contributed by atoms with van der Waals surface area (Å²) in [6, 6.07) is 6.05. The molecule has 8 heteroatoms. The van der Waals surface area contributed by atoms with Gasteiger partial charge in [-0.3, -0.25) is 10.1 Å². The molecule has 1 aromatic heterocycles. The van der Waals surface area contributed by atoms with E-state index in [0.717, 1.165) is 12.8 Å². The molecule has 0 bridgehead atoms. The highest BCUT2D eigenvalue weighted by Crippen LogP contribution is 2.40. The second-order valence-electron chi connectivity index (χ2n) is 4.71. The van der Waals surface area contributed by atoms with Crippen LogP contribution >= 0.6 is 15.9 Å². The molecule has 1 aromatic carbocycles. The summed E-state index contributed by atoms with van der Waals surface area (Å²) in [5, 5.41) is 10.9. The second kappa shape index (κ2) is 5.28. The number of ether oxygens (including phenoxy) is 1. The second-order valence-corrected chi connectivity index (χ2v) is 5.50. The Labute approximate surface area is 128 Å². The van der Waals surface area contributed by atoms with Gasteiger partial charge in [0.05, 0.1) is 4.92 Å². The van der Waals surface area contributed by atoms with Crippen molar-refractivity contribution in [2.75, 3.05) is 5.73 Å². The van der Waals surface area contributed by atoms with Crippen LogP contribution < -0.4 is 10.5 Å². The monoisotopic (exact) mass is 350 g/mol. The van der Waals surface area contributed by atoms with Crippen LogP contribution in [0.25, 0.3) is 0 Å². The van der Waals surface area contributed by atoms with E-state index >= 15 is 0 Å². The molecule has 0 atom stereocenters. The number of halogens is 1. The van der Waals surface area contributed by atoms with Crippen molar-refractivity contribution in [3.63, 3.8) is 0 Å². The number of nitro benzene ring substituents is 1. The standard InChI is InChI=1S/C13H11BrN4O3/c14-12-8(18(19)20)2-1-3-9(12)21-11-6-10(15)16-13(17-11)7-4-5-7/h1-3,6-7H,4-5H2,(H2,15,16,17). The Hall–Kier alpha value is -2.22. The molecular weight excluding hydrogens is 340 g/mol. The smallest absolute Gasteiger partial charge is 0.287 e. The number of rotatable bonds is 4. The van der Waals surface area contributed by atoms with Crippen molar-refractivity contribution in [2.45, 2.75) is 18.8 Å². The Kier molecular flexibility index (Phi) is 3.46. The van der Waals surface area contributed by atoms with Gasteiger partial charge in [-0.05, 0) is 34.8 Å². The van der Waals surface area contributed by atoms with Gasteiger partial charge >= 0.3 is 0 Å². The highest BCUT2D eigenvalue weighted by Gasteiger charge is 2.27. The van der Waals surface area contributed by atoms with E-state index in [4.69, 9.17) is 10.5 Å². The lowest BCUT2D eigenvalue weighted by Crippen LogP contribution is -2.01. The van der Waals surface area contributed by atoms with Gasteiger partial charge in [-0.15, -0.1) is 0 Å². The van der Waals surface area contributed by atoms with Crippen LogP contribution in [0, 0.1) is 10.1 Å². The van der Waals surface area contributed by atoms with E-state index in [2.05, 4.69) is 25.9 Å². The summed E-state index contributed by atoms with van der Waals surface area (Å²) in [7, 11) is 0. The van der Waals surface area contributed by atoms with Crippen LogP contribution in [-0.4, -0.2) is 14.9 Å². The lowest BCUT2D eigenvalue weighted by Gasteiger charge is -2.08. The Balaban J connectivity index is 1.93. The highest BCUT2D eigenvalue weighted by atomic mass is 79.9. The quantitative estimate of drug-likeness (QED) is 0.669. The zero-order valence-corrected chi connectivity index (χ0v) is 12.4. The molecule has 7 nitrogen and oxygen atoms in total. The largest absolute Gasteiger partial charge is 0.437 e. The van der Waals surface area contributed by atoms with Crippen LogP contribution in [0.2, 0.25) is 0 Å². The first-order valence-corrected chi connectivity index (χ1v) is 7.09. The summed E-state index contributed by atoms with van der Waals surface area (Å²) in [5.74, 6) is 1.91. The van der Waals surface area contributed by atoms with Crippen LogP contribution in [0.4, 0.5) is 11.5 Å². The van der Waals surface area contributed by atoms with Crippen molar-refractivity contribution < 1.29 is 9.66 Å². The van der Waals surface area contributed by atoms with E-state index < -0.39 is 4.92 Å². The highest BCUT2D eigenvalue weighted by molar-refractivity contribution is 9.10. The van der Waals surface area contributed by atoms with E-state index in [1.165, 1.54) is 12.1 Å². The van der Waals surface area contributed by atoms with Crippen molar-refractivity contribution in [3.05, 3.63) is 44.7 Å². The van der Waals surface area contributed by atoms with E-state index in [-0.39, 0.29) is 16.0 Å². The number of nitrogens with two attached hydrogens (primary N) is 1. The summed E-state index contributed by atoms with van der Waals surface area (Å²) in [6.45, 7) is 0. The Morgan fingerprint density at radius 3 is 2.81 bits per heavy atom. The third-order valence-electron chi connectivity index (χ3n) is 3.04. The summed E-state index contributed by atoms with van der Waals surface area (Å²) in [5.41, 5.74) is 5.67. The Bertz CT molecular complexity index is 719. The third-order valence-corrected chi connectivity index (χ3v) is 3.83. The van der Waals surface area contributed by atoms with Crippen molar-refractivity contribution in [2.24, 2.45) is 0 Å². The lowest BCUT2D eigenvalue weighted by atomic mass is 10.3. The number of nitro groups is 1. The zero-order valence-electron chi connectivity index (χ0n) is 10.8. The van der Waals surface area contributed by atoms with Gasteiger partial charge in [0.25, 0.3) is 5.69 Å². The average Bonchev–Trinajstić information content (AvgIpc) is 3.24. The summed E-state index contributed by atoms with van der Waals surface area (Å²) < 4.78 is 5.88. The number of nitrogen functional groups attached to an aromatic ring is 1. The molecule has 108 valence electrons. The summed E-state index contributed by atoms with van der Waals surface area (Å²) >= 11 is 3.18. The van der Waals surface area contributed by atoms with E-state index in [9.17, 15) is 10.1 Å². The first-order valence-electron chi connectivity index (χ1n) is 6.30. The molecule has 0 unspecified atom stereocenters. The van der Waals surface area contributed by atoms with Crippen molar-refractivity contribution in [3.8, 4) is 11.6 Å². The number of anilines is 1. The van der Waals surface area contributed by atoms with Gasteiger partial charge < -0.3 is 10.5 Å². The Morgan fingerprint density at radius 1 is 1.38 bits per heavy atom. The summed E-state index contributed by atoms with van der Waals surface area (Å²) in [6.07, 6.45) is 2.09. The van der Waals surface area contributed by atoms with Gasteiger partial charge in [-0.1, -0.05) is 6.07 Å². The fourth-order valence-corrected chi connectivity index (χ4v) is 2.36. The predicted molar refractivity (Wildman–Crippen MR) is 79.3 cm³/mol. The maximum Gasteiger partial charge on any atom is 0.287 e. The van der Waals surface area contributed by atoms with Crippen molar-refractivity contribution in [1.82, 2.24) is 9.97 Å². The van der Waals surface area contributed by atoms with Gasteiger partial charge in [-0.2, -0.15) is 4.98 Å². The van der Waals surface area contributed by atoms with Gasteiger partial charge in [-0.25, -0.2) is 4.98 Å². The maximum atomic E-state index is 10.9. The van der Waals surface area contributed by atoms with Gasteiger partial charge in [0.2, 0.25) is 5.88 Å². The van der Waals surface area contributed by atoms with Crippen LogP contribution in [0.3, 0.4) is 0 Å². The van der Waals surface area contributed by atoms with Crippen LogP contribution in [0.15, 0.2) is 28.7 Å². The minimum Gasteiger partial charge on any atom is -0.437 e. The first kappa shape index (κ1) is 13.7. The van der Waals surface area contributed by atoms with E-state index in [0.29, 0.717) is 23.3 Å². The molecule has 1 saturated carbocycles. The fourth-order valence-electron chi connectivity index (χ4n) is 1.87. The molecule has 2 aromatic rings. The van der Waals surface area contributed by atoms with Crippen LogP contribution in [-0.2, 0) is 0 Å². The number of nitrogens with zero attached hydrogens (tertiary/aromatic N) is 3. The van der Waals surface area contributed by atoms with Crippen molar-refractivity contribution in [1.29, 1.82) is 0 Å². The molecule has 21 heavy (non-hydrogen) atoms. The van der Waals surface area contributed by atoms with E-state index in [1.807, 2.05) is 0 Å². The molecule has 0 spiro atoms. The molecule has 0 amide bonds. The van der Waals surface area contributed by atoms with Gasteiger partial charge in [0, 0.05) is 18.1 Å². The third kappa shape index (κ3) is 2.94. The molecule has 1 aliphatic carbocycles. The normalized spacial score (nSPS) is 14.0. The van der Waals surface area contributed by atoms with Gasteiger partial charge in [0.1, 0.15) is 16.1 Å². The van der Waals surface area contributed by atoms with Crippen molar-refractivity contribution >= 4 is 27.4 Å². The number of hydrogen-bond donors (Lipinski definition) is 1. The molecule has 1 fully saturated rings. The SMILES string of the molecule is Nc1cc(Oc2cccc([N+](=O)[O-])c2Br)nc(C2CC2)n1. The minimum absolute atomic E-state index is 0.0723. The fraction of sp³-hybridized carbons (Fsp3) is 0.231. The molecule has 1 aliphatic rings. The predicted octanol–water partition coefficient (Wildman–Crippen LogP) is 3.40. The number of hydrogen-bond acceptors (Lipinski definition) is 6. The first-order chi connectivity index (χ1) is 10.0.